The summed E-state index contributed by atoms with van der Waals surface area (Å²) in [6.45, 7) is 1.33. The largest absolute Gasteiger partial charge is 1.00 e. The van der Waals surface area contributed by atoms with Gasteiger partial charge in [0, 0.05) is 23.4 Å². The van der Waals surface area contributed by atoms with Crippen molar-refractivity contribution in [3.63, 3.8) is 0 Å². The van der Waals surface area contributed by atoms with Gasteiger partial charge in [0.25, 0.3) is 5.91 Å². The van der Waals surface area contributed by atoms with Gasteiger partial charge in [0.2, 0.25) is 11.1 Å². The SMILES string of the molecule is CN(C)CCn1nnnc1SCC1=C(C(=O)[O-])N2C(=O)[C@@H](NC(=O)Cc3csc(N)n3)[C@H]2SC1.[Na+]. The Morgan fingerprint density at radius 1 is 1.40 bits per heavy atom. The minimum atomic E-state index is -1.43. The van der Waals surface area contributed by atoms with Gasteiger partial charge in [-0.3, -0.25) is 14.5 Å². The Morgan fingerprint density at radius 2 is 2.17 bits per heavy atom. The van der Waals surface area contributed by atoms with Crippen LogP contribution >= 0.6 is 34.9 Å². The van der Waals surface area contributed by atoms with E-state index in [1.807, 2.05) is 19.0 Å². The second-order valence-electron chi connectivity index (χ2n) is 7.83. The Balaban J connectivity index is 0.00000342. The number of nitrogen functional groups attached to an aromatic ring is 1. The Morgan fingerprint density at radius 3 is 2.83 bits per heavy atom. The summed E-state index contributed by atoms with van der Waals surface area (Å²) in [5, 5.41) is 28.4. The predicted molar refractivity (Wildman–Crippen MR) is 124 cm³/mol. The average Bonchev–Trinajstić information content (AvgIpc) is 3.41. The van der Waals surface area contributed by atoms with Crippen LogP contribution in [0, 0.1) is 0 Å². The van der Waals surface area contributed by atoms with Gasteiger partial charge in [0.05, 0.1) is 30.3 Å². The van der Waals surface area contributed by atoms with Gasteiger partial charge in [-0.15, -0.1) is 28.2 Å². The van der Waals surface area contributed by atoms with Crippen molar-refractivity contribution in [2.75, 3.05) is 37.9 Å². The van der Waals surface area contributed by atoms with Crippen LogP contribution in [0.3, 0.4) is 0 Å². The Labute approximate surface area is 235 Å². The molecule has 0 saturated carbocycles. The molecule has 0 aromatic carbocycles. The molecule has 2 aliphatic heterocycles. The van der Waals surface area contributed by atoms with Crippen molar-refractivity contribution in [2.45, 2.75) is 29.5 Å². The number of hydrogen-bond acceptors (Lipinski definition) is 13. The van der Waals surface area contributed by atoms with Crippen LogP contribution in [0.4, 0.5) is 5.13 Å². The molecule has 2 aromatic heterocycles. The van der Waals surface area contributed by atoms with Gasteiger partial charge < -0.3 is 25.9 Å². The molecule has 2 aromatic rings. The first-order valence-electron chi connectivity index (χ1n) is 10.2. The van der Waals surface area contributed by atoms with E-state index in [0.717, 1.165) is 6.54 Å². The topological polar surface area (TPSA) is 175 Å². The number of nitrogens with two attached hydrogens (primary N) is 1. The summed E-state index contributed by atoms with van der Waals surface area (Å²) in [4.78, 5) is 44.3. The molecule has 1 saturated heterocycles. The normalized spacial score (nSPS) is 19.3. The number of amides is 2. The van der Waals surface area contributed by atoms with Crippen molar-refractivity contribution < 1.29 is 49.0 Å². The molecule has 35 heavy (non-hydrogen) atoms. The van der Waals surface area contributed by atoms with E-state index in [0.29, 0.717) is 33.9 Å². The van der Waals surface area contributed by atoms with Gasteiger partial charge in [0.15, 0.2) is 5.13 Å². The first kappa shape index (κ1) is 27.9. The molecule has 1 fully saturated rings. The number of hydrogen-bond donors (Lipinski definition) is 2. The van der Waals surface area contributed by atoms with Gasteiger partial charge in [-0.05, 0) is 30.1 Å². The zero-order chi connectivity index (χ0) is 24.4. The number of β-lactam (4-membered cyclic amide) rings is 1. The van der Waals surface area contributed by atoms with Crippen molar-refractivity contribution in [3.8, 4) is 0 Å². The number of fused-ring (bicyclic) bond motifs is 1. The Hall–Kier alpha value is -1.69. The number of tetrazole rings is 1. The van der Waals surface area contributed by atoms with Crippen molar-refractivity contribution in [3.05, 3.63) is 22.3 Å². The molecule has 0 aliphatic carbocycles. The number of thiazole rings is 1. The third kappa shape index (κ3) is 6.36. The zero-order valence-electron chi connectivity index (χ0n) is 19.3. The summed E-state index contributed by atoms with van der Waals surface area (Å²) in [5.74, 6) is -1.63. The molecule has 2 amide bonds. The van der Waals surface area contributed by atoms with E-state index in [9.17, 15) is 19.5 Å². The second kappa shape index (κ2) is 12.0. The summed E-state index contributed by atoms with van der Waals surface area (Å²) in [6, 6.07) is -0.810. The number of carbonyl (C=O) groups is 3. The number of carbonyl (C=O) groups excluding carboxylic acids is 3. The first-order chi connectivity index (χ1) is 16.2. The number of carboxylic acid groups (broad SMARTS) is 1. The second-order valence-corrected chi connectivity index (χ2v) is 10.8. The van der Waals surface area contributed by atoms with E-state index < -0.39 is 23.3 Å². The van der Waals surface area contributed by atoms with Crippen molar-refractivity contribution in [1.29, 1.82) is 0 Å². The van der Waals surface area contributed by atoms with Crippen LogP contribution in [0.5, 0.6) is 0 Å². The van der Waals surface area contributed by atoms with E-state index in [1.54, 1.807) is 10.1 Å². The quantitative estimate of drug-likeness (QED) is 0.165. The minimum absolute atomic E-state index is 0. The Bertz CT molecular complexity index is 1140. The average molecular weight is 548 g/mol. The van der Waals surface area contributed by atoms with Gasteiger partial charge in [-0.1, -0.05) is 11.8 Å². The fourth-order valence-electron chi connectivity index (χ4n) is 3.46. The van der Waals surface area contributed by atoms with E-state index in [4.69, 9.17) is 5.73 Å². The van der Waals surface area contributed by atoms with Crippen LogP contribution in [0.15, 0.2) is 21.8 Å². The van der Waals surface area contributed by atoms with Gasteiger partial charge in [-0.2, -0.15) is 0 Å². The number of rotatable bonds is 10. The summed E-state index contributed by atoms with van der Waals surface area (Å²) in [6.07, 6.45) is -0.0114. The monoisotopic (exact) mass is 547 g/mol. The fraction of sp³-hybridized carbons (Fsp3) is 0.500. The number of nitrogens with one attached hydrogen (secondary N) is 1. The van der Waals surface area contributed by atoms with E-state index in [1.165, 1.54) is 39.8 Å². The number of nitrogens with zero attached hydrogens (tertiary/aromatic N) is 7. The third-order valence-electron chi connectivity index (χ3n) is 5.10. The third-order valence-corrected chi connectivity index (χ3v) is 8.21. The van der Waals surface area contributed by atoms with Crippen LogP contribution in [0.2, 0.25) is 0 Å². The van der Waals surface area contributed by atoms with Crippen LogP contribution in [-0.2, 0) is 27.3 Å². The molecule has 3 N–H and O–H groups in total. The predicted octanol–water partition coefficient (Wildman–Crippen LogP) is -4.98. The van der Waals surface area contributed by atoms with E-state index >= 15 is 0 Å². The van der Waals surface area contributed by atoms with Crippen LogP contribution in [0.1, 0.15) is 5.69 Å². The smallest absolute Gasteiger partial charge is 0.543 e. The molecule has 182 valence electrons. The minimum Gasteiger partial charge on any atom is -0.543 e. The van der Waals surface area contributed by atoms with Gasteiger partial charge in [0.1, 0.15) is 11.4 Å². The molecule has 4 rings (SSSR count). The van der Waals surface area contributed by atoms with E-state index in [-0.39, 0.29) is 53.3 Å². The fourth-order valence-corrected chi connectivity index (χ4v) is 6.41. The molecule has 0 spiro atoms. The van der Waals surface area contributed by atoms with Crippen LogP contribution in [0.25, 0.3) is 0 Å². The molecule has 17 heteroatoms. The summed E-state index contributed by atoms with van der Waals surface area (Å²) in [7, 11) is 3.89. The summed E-state index contributed by atoms with van der Waals surface area (Å²) in [5.41, 5.74) is 6.49. The Kier molecular flexibility index (Phi) is 9.59. The molecule has 13 nitrogen and oxygen atoms in total. The molecule has 2 atom stereocenters. The van der Waals surface area contributed by atoms with Crippen molar-refractivity contribution in [2.24, 2.45) is 0 Å². The van der Waals surface area contributed by atoms with Crippen molar-refractivity contribution >= 4 is 57.8 Å². The standard InChI is InChI=1S/C18H23N9O4S3.Na/c1-25(2)3-4-26-18(22-23-24-26)34-7-9-6-32-15-12(14(29)27(15)13(9)16(30)31)21-11(28)5-10-8-33-17(19)20-10;/h8,12,15H,3-7H2,1-2H3,(H2,19,20)(H,21,28)(H,30,31);/q;+1/p-1/t12-,15-;/m1./s1. The number of likely N-dealkylation sites (N-methyl/N-ethyl adjacent to an activating group) is 1. The molecular weight excluding hydrogens is 525 g/mol. The number of anilines is 1. The number of aromatic nitrogens is 5. The molecule has 4 heterocycles. The summed E-state index contributed by atoms with van der Waals surface area (Å²) < 4.78 is 1.65. The number of thioether (sulfide) groups is 2. The number of aliphatic carboxylic acids is 1. The van der Waals surface area contributed by atoms with Crippen LogP contribution in [-0.4, -0.2) is 96.3 Å². The van der Waals surface area contributed by atoms with Crippen molar-refractivity contribution in [1.82, 2.24) is 40.3 Å². The molecular formula is C18H22N9NaO4S3. The molecule has 0 radical (unpaired) electrons. The van der Waals surface area contributed by atoms with Gasteiger partial charge in [-0.25, -0.2) is 9.67 Å². The maximum Gasteiger partial charge on any atom is 1.00 e. The van der Waals surface area contributed by atoms with E-state index in [2.05, 4.69) is 25.8 Å². The molecule has 0 unspecified atom stereocenters. The zero-order valence-corrected chi connectivity index (χ0v) is 23.8. The van der Waals surface area contributed by atoms with Crippen LogP contribution < -0.4 is 45.7 Å². The molecule has 0 bridgehead atoms. The first-order valence-corrected chi connectivity index (χ1v) is 13.1. The maximum atomic E-state index is 12.8. The molecule has 2 aliphatic rings. The maximum absolute atomic E-state index is 12.8. The summed E-state index contributed by atoms with van der Waals surface area (Å²) >= 11 is 3.92. The van der Waals surface area contributed by atoms with Gasteiger partial charge >= 0.3 is 29.6 Å². The number of carboxylic acids is 1.